The maximum absolute atomic E-state index is 4.85. The monoisotopic (exact) mass is 273 g/mol. The average Bonchev–Trinajstić information content (AvgIpc) is 2.96. The fourth-order valence-electron chi connectivity index (χ4n) is 2.75. The molecule has 2 aromatic heterocycles. The van der Waals surface area contributed by atoms with Crippen molar-refractivity contribution in [3.05, 3.63) is 72.2 Å². The number of imidazole rings is 1. The second-order valence-electron chi connectivity index (χ2n) is 5.09. The van der Waals surface area contributed by atoms with Crippen LogP contribution in [0.25, 0.3) is 23.3 Å². The fourth-order valence-corrected chi connectivity index (χ4v) is 2.75. The van der Waals surface area contributed by atoms with Crippen LogP contribution in [0.3, 0.4) is 0 Å². The molecular formula is C18H15N3. The lowest BCUT2D eigenvalue weighted by Crippen LogP contribution is -2.02. The van der Waals surface area contributed by atoms with Crippen molar-refractivity contribution in [3.63, 3.8) is 0 Å². The standard InChI is InChI=1S/C18H15N3/c1-2-8-14(9-3-1)21-17-12-5-4-10-15(17)20-18(21)16-11-6-7-13-19-16/h1-3,5-9,11-13H,4,10H2. The zero-order valence-corrected chi connectivity index (χ0v) is 11.6. The largest absolute Gasteiger partial charge is 0.291 e. The summed E-state index contributed by atoms with van der Waals surface area (Å²) in [6, 6.07) is 16.3. The van der Waals surface area contributed by atoms with Gasteiger partial charge in [0.2, 0.25) is 0 Å². The van der Waals surface area contributed by atoms with E-state index in [9.17, 15) is 0 Å². The molecule has 1 aromatic carbocycles. The van der Waals surface area contributed by atoms with Gasteiger partial charge in [0.15, 0.2) is 5.82 Å². The molecule has 102 valence electrons. The van der Waals surface area contributed by atoms with Crippen molar-refractivity contribution in [1.82, 2.24) is 14.5 Å². The van der Waals surface area contributed by atoms with Crippen molar-refractivity contribution >= 4 is 6.08 Å². The van der Waals surface area contributed by atoms with Crippen molar-refractivity contribution in [2.75, 3.05) is 0 Å². The third-order valence-corrected chi connectivity index (χ3v) is 3.72. The Hall–Kier alpha value is -2.68. The Morgan fingerprint density at radius 2 is 1.81 bits per heavy atom. The summed E-state index contributed by atoms with van der Waals surface area (Å²) in [6.45, 7) is 0. The second kappa shape index (κ2) is 5.02. The second-order valence-corrected chi connectivity index (χ2v) is 5.09. The number of nitrogens with zero attached hydrogens (tertiary/aromatic N) is 3. The quantitative estimate of drug-likeness (QED) is 0.709. The van der Waals surface area contributed by atoms with Gasteiger partial charge in [0.05, 0.1) is 11.4 Å². The highest BCUT2D eigenvalue weighted by Gasteiger charge is 2.19. The Balaban J connectivity index is 1.99. The number of fused-ring (bicyclic) bond motifs is 1. The number of allylic oxidation sites excluding steroid dienone is 1. The van der Waals surface area contributed by atoms with E-state index in [0.717, 1.165) is 35.7 Å². The van der Waals surface area contributed by atoms with E-state index >= 15 is 0 Å². The molecule has 3 nitrogen and oxygen atoms in total. The van der Waals surface area contributed by atoms with Gasteiger partial charge in [-0.25, -0.2) is 4.98 Å². The van der Waals surface area contributed by atoms with Crippen LogP contribution < -0.4 is 0 Å². The minimum Gasteiger partial charge on any atom is -0.291 e. The van der Waals surface area contributed by atoms with Gasteiger partial charge in [-0.05, 0) is 43.2 Å². The van der Waals surface area contributed by atoms with E-state index in [4.69, 9.17) is 4.98 Å². The highest BCUT2D eigenvalue weighted by Crippen LogP contribution is 2.29. The Labute approximate surface area is 123 Å². The van der Waals surface area contributed by atoms with Crippen LogP contribution in [0.2, 0.25) is 0 Å². The Bertz CT molecular complexity index is 786. The molecule has 0 atom stereocenters. The van der Waals surface area contributed by atoms with Gasteiger partial charge in [0.25, 0.3) is 0 Å². The van der Waals surface area contributed by atoms with E-state index in [1.54, 1.807) is 0 Å². The molecule has 0 amide bonds. The zero-order valence-electron chi connectivity index (χ0n) is 11.6. The van der Waals surface area contributed by atoms with Crippen LogP contribution in [0.5, 0.6) is 0 Å². The van der Waals surface area contributed by atoms with E-state index < -0.39 is 0 Å². The van der Waals surface area contributed by atoms with Crippen LogP contribution in [-0.4, -0.2) is 14.5 Å². The number of benzene rings is 1. The molecule has 0 fully saturated rings. The predicted octanol–water partition coefficient (Wildman–Crippen LogP) is 3.89. The van der Waals surface area contributed by atoms with Gasteiger partial charge in [0.1, 0.15) is 5.69 Å². The van der Waals surface area contributed by atoms with Gasteiger partial charge in [-0.2, -0.15) is 0 Å². The number of aromatic nitrogens is 3. The van der Waals surface area contributed by atoms with Crippen molar-refractivity contribution in [2.45, 2.75) is 12.8 Å². The fraction of sp³-hybridized carbons (Fsp3) is 0.111. The van der Waals surface area contributed by atoms with Gasteiger partial charge in [-0.1, -0.05) is 30.3 Å². The Morgan fingerprint density at radius 3 is 2.62 bits per heavy atom. The first-order valence-corrected chi connectivity index (χ1v) is 7.18. The van der Waals surface area contributed by atoms with Gasteiger partial charge >= 0.3 is 0 Å². The van der Waals surface area contributed by atoms with Crippen LogP contribution in [0, 0.1) is 0 Å². The Morgan fingerprint density at radius 1 is 0.952 bits per heavy atom. The first kappa shape index (κ1) is 12.1. The van der Waals surface area contributed by atoms with Crippen LogP contribution in [-0.2, 0) is 6.42 Å². The zero-order chi connectivity index (χ0) is 14.1. The lowest BCUT2D eigenvalue weighted by atomic mass is 10.1. The topological polar surface area (TPSA) is 30.7 Å². The van der Waals surface area contributed by atoms with Gasteiger partial charge in [-0.15, -0.1) is 0 Å². The molecule has 0 aliphatic heterocycles. The minimum absolute atomic E-state index is 0.907. The number of pyridine rings is 1. The van der Waals surface area contributed by atoms with Crippen LogP contribution in [0.4, 0.5) is 0 Å². The molecule has 3 aromatic rings. The molecule has 2 heterocycles. The highest BCUT2D eigenvalue weighted by molar-refractivity contribution is 5.64. The predicted molar refractivity (Wildman–Crippen MR) is 84.2 cm³/mol. The molecule has 1 aliphatic rings. The molecule has 0 spiro atoms. The molecule has 3 heteroatoms. The maximum Gasteiger partial charge on any atom is 0.164 e. The third-order valence-electron chi connectivity index (χ3n) is 3.72. The molecule has 0 N–H and O–H groups in total. The summed E-state index contributed by atoms with van der Waals surface area (Å²) in [5.41, 5.74) is 4.36. The number of hydrogen-bond donors (Lipinski definition) is 0. The third kappa shape index (κ3) is 2.07. The Kier molecular flexibility index (Phi) is 2.89. The highest BCUT2D eigenvalue weighted by atomic mass is 15.1. The van der Waals surface area contributed by atoms with Gasteiger partial charge < -0.3 is 0 Å². The summed E-state index contributed by atoms with van der Waals surface area (Å²) in [5, 5.41) is 0. The molecule has 0 unspecified atom stereocenters. The van der Waals surface area contributed by atoms with E-state index in [0.29, 0.717) is 0 Å². The molecule has 1 aliphatic carbocycles. The summed E-state index contributed by atoms with van der Waals surface area (Å²) in [4.78, 5) is 9.32. The van der Waals surface area contributed by atoms with Gasteiger partial charge in [0, 0.05) is 11.9 Å². The number of rotatable bonds is 2. The van der Waals surface area contributed by atoms with Crippen LogP contribution >= 0.6 is 0 Å². The normalized spacial score (nSPS) is 13.1. The van der Waals surface area contributed by atoms with E-state index in [1.807, 2.05) is 30.5 Å². The minimum atomic E-state index is 0.907. The smallest absolute Gasteiger partial charge is 0.164 e. The molecule has 4 rings (SSSR count). The molecule has 0 saturated heterocycles. The summed E-state index contributed by atoms with van der Waals surface area (Å²) >= 11 is 0. The van der Waals surface area contributed by atoms with E-state index in [-0.39, 0.29) is 0 Å². The van der Waals surface area contributed by atoms with Crippen LogP contribution in [0.1, 0.15) is 17.8 Å². The van der Waals surface area contributed by atoms with Crippen molar-refractivity contribution in [3.8, 4) is 17.2 Å². The molecule has 0 saturated carbocycles. The number of para-hydroxylation sites is 1. The first-order chi connectivity index (χ1) is 10.4. The van der Waals surface area contributed by atoms with E-state index in [2.05, 4.69) is 46.0 Å². The summed E-state index contributed by atoms with van der Waals surface area (Å²) in [5.74, 6) is 0.915. The lowest BCUT2D eigenvalue weighted by molar-refractivity contribution is 0.936. The van der Waals surface area contributed by atoms with E-state index in [1.165, 1.54) is 5.69 Å². The van der Waals surface area contributed by atoms with Crippen LogP contribution in [0.15, 0.2) is 60.8 Å². The van der Waals surface area contributed by atoms with Crippen molar-refractivity contribution < 1.29 is 0 Å². The molecule has 0 radical (unpaired) electrons. The summed E-state index contributed by atoms with van der Waals surface area (Å²) < 4.78 is 2.20. The molecule has 21 heavy (non-hydrogen) atoms. The number of aryl methyl sites for hydroxylation is 1. The first-order valence-electron chi connectivity index (χ1n) is 7.18. The van der Waals surface area contributed by atoms with Gasteiger partial charge in [-0.3, -0.25) is 9.55 Å². The lowest BCUT2D eigenvalue weighted by Gasteiger charge is -2.11. The average molecular weight is 273 g/mol. The summed E-state index contributed by atoms with van der Waals surface area (Å²) in [7, 11) is 0. The molecular weight excluding hydrogens is 258 g/mol. The molecule has 0 bridgehead atoms. The SMILES string of the molecule is C1=Cc2c(nc(-c3ccccn3)n2-c2ccccc2)CC1. The maximum atomic E-state index is 4.85. The van der Waals surface area contributed by atoms with Crippen molar-refractivity contribution in [1.29, 1.82) is 0 Å². The summed E-state index contributed by atoms with van der Waals surface area (Å²) in [6.07, 6.45) is 8.25. The van der Waals surface area contributed by atoms with Crippen molar-refractivity contribution in [2.24, 2.45) is 0 Å². The number of hydrogen-bond acceptors (Lipinski definition) is 2.